The molecule has 1 atom stereocenters. The van der Waals surface area contributed by atoms with Crippen LogP contribution in [0, 0.1) is 6.92 Å². The van der Waals surface area contributed by atoms with Gasteiger partial charge in [-0.3, -0.25) is 0 Å². The van der Waals surface area contributed by atoms with Crippen molar-refractivity contribution in [3.63, 3.8) is 0 Å². The lowest BCUT2D eigenvalue weighted by molar-refractivity contribution is 0.373. The summed E-state index contributed by atoms with van der Waals surface area (Å²) < 4.78 is 7.28. The van der Waals surface area contributed by atoms with Crippen molar-refractivity contribution in [1.29, 1.82) is 0 Å². The topological polar surface area (TPSA) is 59.6 Å². The Balaban J connectivity index is 1.78. The first-order valence-corrected chi connectivity index (χ1v) is 9.65. The molecular formula is C21H21N3O2S. The Morgan fingerprint density at radius 3 is 2.67 bits per heavy atom. The molecule has 0 bridgehead atoms. The van der Waals surface area contributed by atoms with Crippen LogP contribution in [0.5, 0.6) is 11.5 Å². The van der Waals surface area contributed by atoms with E-state index in [0.29, 0.717) is 12.3 Å². The molecule has 1 N–H and O–H groups in total. The minimum atomic E-state index is 0.0662. The van der Waals surface area contributed by atoms with Gasteiger partial charge in [-0.05, 0) is 37.1 Å². The molecule has 0 fully saturated rings. The highest BCUT2D eigenvalue weighted by Gasteiger charge is 2.30. The van der Waals surface area contributed by atoms with Crippen LogP contribution in [-0.2, 0) is 6.54 Å². The number of aromatic nitrogens is 2. The van der Waals surface area contributed by atoms with Crippen LogP contribution in [-0.4, -0.2) is 27.0 Å². The average Bonchev–Trinajstić information content (AvgIpc) is 2.97. The van der Waals surface area contributed by atoms with Gasteiger partial charge >= 0.3 is 0 Å². The van der Waals surface area contributed by atoms with Crippen molar-refractivity contribution in [2.45, 2.75) is 25.6 Å². The van der Waals surface area contributed by atoms with Crippen molar-refractivity contribution in [3.05, 3.63) is 70.9 Å². The highest BCUT2D eigenvalue weighted by Crippen LogP contribution is 2.48. The highest BCUT2D eigenvalue weighted by atomic mass is 32.2. The number of thioether (sulfide) groups is 1. The summed E-state index contributed by atoms with van der Waals surface area (Å²) in [5, 5.41) is 15.8. The van der Waals surface area contributed by atoms with E-state index in [2.05, 4.69) is 12.1 Å². The summed E-state index contributed by atoms with van der Waals surface area (Å²) in [6, 6.07) is 15.8. The highest BCUT2D eigenvalue weighted by molar-refractivity contribution is 8.14. The number of aryl methyl sites for hydroxylation is 1. The van der Waals surface area contributed by atoms with E-state index in [1.807, 2.05) is 48.9 Å². The number of phenols is 1. The molecule has 6 heteroatoms. The van der Waals surface area contributed by atoms with Crippen LogP contribution < -0.4 is 4.74 Å². The quantitative estimate of drug-likeness (QED) is 0.705. The van der Waals surface area contributed by atoms with E-state index >= 15 is 0 Å². The van der Waals surface area contributed by atoms with E-state index in [1.165, 1.54) is 5.56 Å². The zero-order chi connectivity index (χ0) is 19.0. The Kier molecular flexibility index (Phi) is 4.66. The van der Waals surface area contributed by atoms with Gasteiger partial charge in [0.1, 0.15) is 0 Å². The molecule has 1 aliphatic heterocycles. The number of fused-ring (bicyclic) bond motifs is 1. The predicted octanol–water partition coefficient (Wildman–Crippen LogP) is 4.84. The Hall–Kier alpha value is -2.73. The summed E-state index contributed by atoms with van der Waals surface area (Å²) in [7, 11) is 1.56. The van der Waals surface area contributed by atoms with Gasteiger partial charge in [0.2, 0.25) is 0 Å². The summed E-state index contributed by atoms with van der Waals surface area (Å²) in [5.41, 5.74) is 4.35. The van der Waals surface area contributed by atoms with Crippen LogP contribution in [0.4, 0.5) is 5.82 Å². The molecule has 2 aromatic carbocycles. The van der Waals surface area contributed by atoms with Crippen molar-refractivity contribution in [2.75, 3.05) is 7.11 Å². The maximum absolute atomic E-state index is 9.93. The molecule has 0 saturated carbocycles. The number of phenolic OH excluding ortho intramolecular Hbond substituents is 1. The van der Waals surface area contributed by atoms with Crippen molar-refractivity contribution in [3.8, 4) is 11.5 Å². The van der Waals surface area contributed by atoms with Crippen molar-refractivity contribution >= 4 is 22.6 Å². The second-order valence-corrected chi connectivity index (χ2v) is 7.82. The molecule has 0 radical (unpaired) electrons. The third-order valence-electron chi connectivity index (χ3n) is 4.64. The van der Waals surface area contributed by atoms with Gasteiger partial charge in [-0.15, -0.1) is 0 Å². The van der Waals surface area contributed by atoms with Crippen LogP contribution in [0.3, 0.4) is 0 Å². The molecule has 5 nitrogen and oxygen atoms in total. The van der Waals surface area contributed by atoms with Gasteiger partial charge in [-0.2, -0.15) is 5.10 Å². The maximum atomic E-state index is 9.93. The zero-order valence-electron chi connectivity index (χ0n) is 15.5. The molecule has 4 rings (SSSR count). The fraction of sp³-hybridized carbons (Fsp3) is 0.238. The van der Waals surface area contributed by atoms with Crippen LogP contribution in [0.2, 0.25) is 0 Å². The molecule has 27 heavy (non-hydrogen) atoms. The van der Waals surface area contributed by atoms with Crippen LogP contribution >= 0.6 is 11.8 Å². The molecule has 2 heterocycles. The first-order valence-electron chi connectivity index (χ1n) is 8.77. The number of rotatable bonds is 4. The molecule has 1 aliphatic rings. The fourth-order valence-electron chi connectivity index (χ4n) is 3.37. The van der Waals surface area contributed by atoms with Gasteiger partial charge < -0.3 is 9.84 Å². The minimum Gasteiger partial charge on any atom is -0.504 e. The standard InChI is InChI=1S/C21H21N3O2S/c1-13-19-20(16-9-10-17(25)18(11-16)26-3)27-14(2)22-21(19)24(23-13)12-15-7-5-4-6-8-15/h4-11,20,25H,12H2,1-3H3/t20-/m1/s1. The van der Waals surface area contributed by atoms with Crippen molar-refractivity contribution < 1.29 is 9.84 Å². The van der Waals surface area contributed by atoms with E-state index in [9.17, 15) is 5.11 Å². The minimum absolute atomic E-state index is 0.0662. The van der Waals surface area contributed by atoms with Crippen LogP contribution in [0.1, 0.15) is 34.6 Å². The molecule has 1 aromatic heterocycles. The third kappa shape index (κ3) is 3.32. The largest absolute Gasteiger partial charge is 0.504 e. The fourth-order valence-corrected chi connectivity index (χ4v) is 4.53. The maximum Gasteiger partial charge on any atom is 0.160 e. The Morgan fingerprint density at radius 1 is 1.15 bits per heavy atom. The van der Waals surface area contributed by atoms with Crippen molar-refractivity contribution in [2.24, 2.45) is 4.99 Å². The van der Waals surface area contributed by atoms with Gasteiger partial charge in [0, 0.05) is 5.56 Å². The lowest BCUT2D eigenvalue weighted by atomic mass is 10.0. The van der Waals surface area contributed by atoms with E-state index in [4.69, 9.17) is 14.8 Å². The number of hydrogen-bond acceptors (Lipinski definition) is 5. The second kappa shape index (κ2) is 7.12. The van der Waals surface area contributed by atoms with Gasteiger partial charge in [-0.25, -0.2) is 9.67 Å². The average molecular weight is 379 g/mol. The summed E-state index contributed by atoms with van der Waals surface area (Å²) in [5.74, 6) is 1.53. The number of hydrogen-bond donors (Lipinski definition) is 1. The Labute approximate surface area is 162 Å². The molecule has 0 unspecified atom stereocenters. The third-order valence-corrected chi connectivity index (χ3v) is 5.82. The van der Waals surface area contributed by atoms with Gasteiger partial charge in [-0.1, -0.05) is 48.2 Å². The molecule has 0 amide bonds. The summed E-state index contributed by atoms with van der Waals surface area (Å²) >= 11 is 1.70. The molecule has 0 saturated heterocycles. The van der Waals surface area contributed by atoms with Crippen LogP contribution in [0.25, 0.3) is 0 Å². The first-order chi connectivity index (χ1) is 13.1. The number of ether oxygens (including phenoxy) is 1. The molecule has 0 aliphatic carbocycles. The molecule has 138 valence electrons. The number of methoxy groups -OCH3 is 1. The molecule has 3 aromatic rings. The van der Waals surface area contributed by atoms with Gasteiger partial charge in [0.05, 0.1) is 29.6 Å². The smallest absolute Gasteiger partial charge is 0.160 e. The monoisotopic (exact) mass is 379 g/mol. The number of aromatic hydroxyl groups is 1. The normalized spacial score (nSPS) is 16.0. The SMILES string of the molecule is COc1cc([C@H]2SC(C)=Nc3c2c(C)nn3Cc2ccccc2)ccc1O. The molecular weight excluding hydrogens is 358 g/mol. The van der Waals surface area contributed by atoms with E-state index in [-0.39, 0.29) is 11.0 Å². The van der Waals surface area contributed by atoms with Crippen LogP contribution in [0.15, 0.2) is 53.5 Å². The second-order valence-electron chi connectivity index (χ2n) is 6.53. The van der Waals surface area contributed by atoms with E-state index < -0.39 is 0 Å². The summed E-state index contributed by atoms with van der Waals surface area (Å²) in [6.07, 6.45) is 0. The lowest BCUT2D eigenvalue weighted by Crippen LogP contribution is -2.07. The van der Waals surface area contributed by atoms with Crippen molar-refractivity contribution in [1.82, 2.24) is 9.78 Å². The number of nitrogens with zero attached hydrogens (tertiary/aromatic N) is 3. The number of aliphatic imine (C=N–C) groups is 1. The lowest BCUT2D eigenvalue weighted by Gasteiger charge is -2.22. The first kappa shape index (κ1) is 17.7. The summed E-state index contributed by atoms with van der Waals surface area (Å²) in [4.78, 5) is 4.80. The number of benzene rings is 2. The van der Waals surface area contributed by atoms with E-state index in [1.54, 1.807) is 24.9 Å². The zero-order valence-corrected chi connectivity index (χ0v) is 16.3. The Morgan fingerprint density at radius 2 is 1.93 bits per heavy atom. The van der Waals surface area contributed by atoms with Gasteiger partial charge in [0.25, 0.3) is 0 Å². The summed E-state index contributed by atoms with van der Waals surface area (Å²) in [6.45, 7) is 4.74. The predicted molar refractivity (Wildman–Crippen MR) is 109 cm³/mol. The van der Waals surface area contributed by atoms with E-state index in [0.717, 1.165) is 27.7 Å². The molecule has 0 spiro atoms. The Bertz CT molecular complexity index is 1010. The van der Waals surface area contributed by atoms with Gasteiger partial charge in [0.15, 0.2) is 17.3 Å².